The molecule has 2 heterocycles. The van der Waals surface area contributed by atoms with Gasteiger partial charge in [-0.1, -0.05) is 39.2 Å². The molecular formula is C17H26N2O. The molecule has 0 aromatic carbocycles. The zero-order chi connectivity index (χ0) is 14.4. The number of aromatic nitrogens is 1. The molecule has 3 heteroatoms. The molecule has 1 aliphatic rings. The first-order valence-corrected chi connectivity index (χ1v) is 7.87. The number of amides is 1. The summed E-state index contributed by atoms with van der Waals surface area (Å²) in [5, 5.41) is 0. The summed E-state index contributed by atoms with van der Waals surface area (Å²) >= 11 is 0. The Balaban J connectivity index is 1.75. The number of rotatable bonds is 5. The second-order valence-corrected chi connectivity index (χ2v) is 6.28. The Morgan fingerprint density at radius 1 is 1.35 bits per heavy atom. The van der Waals surface area contributed by atoms with Crippen LogP contribution in [0.3, 0.4) is 0 Å². The highest BCUT2D eigenvalue weighted by atomic mass is 16.2. The summed E-state index contributed by atoms with van der Waals surface area (Å²) in [4.78, 5) is 18.4. The van der Waals surface area contributed by atoms with Gasteiger partial charge in [-0.3, -0.25) is 9.78 Å². The first kappa shape index (κ1) is 15.0. The largest absolute Gasteiger partial charge is 0.337 e. The van der Waals surface area contributed by atoms with Gasteiger partial charge in [-0.05, 0) is 36.8 Å². The maximum absolute atomic E-state index is 12.3. The Labute approximate surface area is 122 Å². The molecule has 1 saturated heterocycles. The molecule has 1 aliphatic heterocycles. The van der Waals surface area contributed by atoms with Crippen LogP contribution in [0.25, 0.3) is 0 Å². The molecule has 1 aromatic rings. The number of piperidine rings is 1. The predicted molar refractivity (Wildman–Crippen MR) is 81.6 cm³/mol. The molecule has 20 heavy (non-hydrogen) atoms. The van der Waals surface area contributed by atoms with E-state index in [-0.39, 0.29) is 5.91 Å². The van der Waals surface area contributed by atoms with Gasteiger partial charge in [-0.25, -0.2) is 0 Å². The van der Waals surface area contributed by atoms with E-state index in [0.717, 1.165) is 37.8 Å². The number of hydrogen-bond acceptors (Lipinski definition) is 2. The maximum atomic E-state index is 12.3. The van der Waals surface area contributed by atoms with Crippen molar-refractivity contribution in [1.82, 2.24) is 9.88 Å². The smallest absolute Gasteiger partial charge is 0.272 e. The molecule has 2 rings (SSSR count). The molecule has 0 saturated carbocycles. The van der Waals surface area contributed by atoms with Crippen molar-refractivity contribution in [1.29, 1.82) is 0 Å². The second-order valence-electron chi connectivity index (χ2n) is 6.28. The zero-order valence-electron chi connectivity index (χ0n) is 12.7. The van der Waals surface area contributed by atoms with Crippen LogP contribution in [0.2, 0.25) is 0 Å². The van der Waals surface area contributed by atoms with Crippen LogP contribution in [0.1, 0.15) is 56.4 Å². The van der Waals surface area contributed by atoms with Gasteiger partial charge in [-0.15, -0.1) is 0 Å². The fourth-order valence-electron chi connectivity index (χ4n) is 2.89. The van der Waals surface area contributed by atoms with Crippen LogP contribution in [0.4, 0.5) is 0 Å². The molecular weight excluding hydrogens is 248 g/mol. The van der Waals surface area contributed by atoms with Crippen molar-refractivity contribution in [2.75, 3.05) is 13.1 Å². The van der Waals surface area contributed by atoms with E-state index in [1.807, 2.05) is 17.0 Å². The van der Waals surface area contributed by atoms with Crippen LogP contribution >= 0.6 is 0 Å². The lowest BCUT2D eigenvalue weighted by atomic mass is 9.90. The highest BCUT2D eigenvalue weighted by molar-refractivity contribution is 5.92. The molecule has 0 radical (unpaired) electrons. The lowest BCUT2D eigenvalue weighted by Crippen LogP contribution is -2.38. The summed E-state index contributed by atoms with van der Waals surface area (Å²) in [6.07, 6.45) is 7.96. The van der Waals surface area contributed by atoms with E-state index in [2.05, 4.69) is 18.8 Å². The first-order chi connectivity index (χ1) is 9.66. The minimum Gasteiger partial charge on any atom is -0.337 e. The third-order valence-electron chi connectivity index (χ3n) is 4.18. The highest BCUT2D eigenvalue weighted by Gasteiger charge is 2.23. The van der Waals surface area contributed by atoms with Crippen molar-refractivity contribution < 1.29 is 4.79 Å². The third kappa shape index (κ3) is 4.32. The Bertz CT molecular complexity index is 408. The van der Waals surface area contributed by atoms with E-state index in [9.17, 15) is 4.79 Å². The van der Waals surface area contributed by atoms with Gasteiger partial charge in [-0.2, -0.15) is 0 Å². The molecule has 0 atom stereocenters. The van der Waals surface area contributed by atoms with Crippen molar-refractivity contribution in [2.24, 2.45) is 11.8 Å². The standard InChI is InChI=1S/C17H26N2O/c1-14(2)6-5-7-15-9-12-19(13-10-15)17(20)16-8-3-4-11-18-16/h3-4,8,11,14-15H,5-7,9-10,12-13H2,1-2H3. The van der Waals surface area contributed by atoms with Crippen LogP contribution in [0.15, 0.2) is 24.4 Å². The SMILES string of the molecule is CC(C)CCCC1CCN(C(=O)c2ccccn2)CC1. The average Bonchev–Trinajstić information content (AvgIpc) is 2.48. The molecule has 0 bridgehead atoms. The van der Waals surface area contributed by atoms with Gasteiger partial charge in [0.2, 0.25) is 0 Å². The number of nitrogens with zero attached hydrogens (tertiary/aromatic N) is 2. The number of likely N-dealkylation sites (tertiary alicyclic amines) is 1. The fourth-order valence-corrected chi connectivity index (χ4v) is 2.89. The van der Waals surface area contributed by atoms with Gasteiger partial charge in [0, 0.05) is 19.3 Å². The van der Waals surface area contributed by atoms with Crippen LogP contribution < -0.4 is 0 Å². The minimum absolute atomic E-state index is 0.0891. The summed E-state index contributed by atoms with van der Waals surface area (Å²) in [5.74, 6) is 1.70. The first-order valence-electron chi connectivity index (χ1n) is 7.87. The topological polar surface area (TPSA) is 33.2 Å². The van der Waals surface area contributed by atoms with Crippen LogP contribution in [0, 0.1) is 11.8 Å². The molecule has 3 nitrogen and oxygen atoms in total. The van der Waals surface area contributed by atoms with E-state index >= 15 is 0 Å². The summed E-state index contributed by atoms with van der Waals surface area (Å²) in [7, 11) is 0. The van der Waals surface area contributed by atoms with Crippen molar-refractivity contribution in [2.45, 2.75) is 46.0 Å². The van der Waals surface area contributed by atoms with E-state index in [4.69, 9.17) is 0 Å². The van der Waals surface area contributed by atoms with E-state index < -0.39 is 0 Å². The maximum Gasteiger partial charge on any atom is 0.272 e. The quantitative estimate of drug-likeness (QED) is 0.819. The monoisotopic (exact) mass is 274 g/mol. The zero-order valence-corrected chi connectivity index (χ0v) is 12.7. The van der Waals surface area contributed by atoms with Gasteiger partial charge >= 0.3 is 0 Å². The Morgan fingerprint density at radius 3 is 2.70 bits per heavy atom. The number of hydrogen-bond donors (Lipinski definition) is 0. The van der Waals surface area contributed by atoms with Crippen LogP contribution in [-0.4, -0.2) is 28.9 Å². The predicted octanol–water partition coefficient (Wildman–Crippen LogP) is 3.76. The summed E-state index contributed by atoms with van der Waals surface area (Å²) in [5.41, 5.74) is 0.575. The van der Waals surface area contributed by atoms with Crippen molar-refractivity contribution in [3.8, 4) is 0 Å². The molecule has 1 fully saturated rings. The Morgan fingerprint density at radius 2 is 2.10 bits per heavy atom. The van der Waals surface area contributed by atoms with E-state index in [1.54, 1.807) is 12.3 Å². The molecule has 110 valence electrons. The van der Waals surface area contributed by atoms with Crippen molar-refractivity contribution in [3.63, 3.8) is 0 Å². The number of carbonyl (C=O) groups excluding carboxylic acids is 1. The fraction of sp³-hybridized carbons (Fsp3) is 0.647. The van der Waals surface area contributed by atoms with Crippen molar-refractivity contribution >= 4 is 5.91 Å². The van der Waals surface area contributed by atoms with Crippen LogP contribution in [0.5, 0.6) is 0 Å². The van der Waals surface area contributed by atoms with Gasteiger partial charge < -0.3 is 4.90 Å². The molecule has 0 unspecified atom stereocenters. The van der Waals surface area contributed by atoms with Gasteiger partial charge in [0.05, 0.1) is 0 Å². The van der Waals surface area contributed by atoms with Gasteiger partial charge in [0.1, 0.15) is 5.69 Å². The lowest BCUT2D eigenvalue weighted by molar-refractivity contribution is 0.0679. The van der Waals surface area contributed by atoms with Crippen LogP contribution in [-0.2, 0) is 0 Å². The molecule has 0 spiro atoms. The van der Waals surface area contributed by atoms with E-state index in [0.29, 0.717) is 5.69 Å². The number of pyridine rings is 1. The summed E-state index contributed by atoms with van der Waals surface area (Å²) in [6, 6.07) is 5.52. The third-order valence-corrected chi connectivity index (χ3v) is 4.18. The Kier molecular flexibility index (Phi) is 5.57. The minimum atomic E-state index is 0.0891. The normalized spacial score (nSPS) is 16.6. The van der Waals surface area contributed by atoms with E-state index in [1.165, 1.54) is 19.3 Å². The lowest BCUT2D eigenvalue weighted by Gasteiger charge is -2.32. The van der Waals surface area contributed by atoms with Gasteiger partial charge in [0.25, 0.3) is 5.91 Å². The molecule has 0 N–H and O–H groups in total. The Hall–Kier alpha value is -1.38. The molecule has 0 aliphatic carbocycles. The highest BCUT2D eigenvalue weighted by Crippen LogP contribution is 2.24. The van der Waals surface area contributed by atoms with Gasteiger partial charge in [0.15, 0.2) is 0 Å². The molecule has 1 amide bonds. The average molecular weight is 274 g/mol. The second kappa shape index (κ2) is 7.41. The number of carbonyl (C=O) groups is 1. The molecule has 1 aromatic heterocycles. The summed E-state index contributed by atoms with van der Waals surface area (Å²) in [6.45, 7) is 6.35. The summed E-state index contributed by atoms with van der Waals surface area (Å²) < 4.78 is 0. The van der Waals surface area contributed by atoms with Crippen molar-refractivity contribution in [3.05, 3.63) is 30.1 Å².